The van der Waals surface area contributed by atoms with Gasteiger partial charge in [0.15, 0.2) is 0 Å². The first-order chi connectivity index (χ1) is 9.04. The third kappa shape index (κ3) is 2.53. The Morgan fingerprint density at radius 3 is 1.60 bits per heavy atom. The van der Waals surface area contributed by atoms with E-state index in [-0.39, 0.29) is 22.3 Å². The van der Waals surface area contributed by atoms with E-state index in [0.717, 1.165) is 12.8 Å². The Balaban J connectivity index is 2.24. The van der Waals surface area contributed by atoms with Gasteiger partial charge in [-0.15, -0.1) is 0 Å². The Hall–Kier alpha value is -0.120. The van der Waals surface area contributed by atoms with E-state index in [2.05, 4.69) is 48.5 Å². The summed E-state index contributed by atoms with van der Waals surface area (Å²) in [6.07, 6.45) is 6.35. The van der Waals surface area contributed by atoms with Crippen LogP contribution in [0.5, 0.6) is 0 Å². The molecule has 2 rings (SSSR count). The summed E-state index contributed by atoms with van der Waals surface area (Å²) < 4.78 is 6.36. The van der Waals surface area contributed by atoms with Gasteiger partial charge in [0.1, 0.15) is 0 Å². The van der Waals surface area contributed by atoms with Gasteiger partial charge in [-0.25, -0.2) is 0 Å². The van der Waals surface area contributed by atoms with Gasteiger partial charge in [-0.1, -0.05) is 67.7 Å². The molecule has 3 heteroatoms. The molecule has 0 unspecified atom stereocenters. The summed E-state index contributed by atoms with van der Waals surface area (Å²) >= 11 is 0. The molecule has 1 saturated heterocycles. The van der Waals surface area contributed by atoms with Crippen molar-refractivity contribution in [2.75, 3.05) is 0 Å². The van der Waals surface area contributed by atoms with Crippen molar-refractivity contribution in [3.63, 3.8) is 0 Å². The lowest BCUT2D eigenvalue weighted by molar-refractivity contribution is -0.245. The maximum absolute atomic E-state index is 6.36. The third-order valence-corrected chi connectivity index (χ3v) is 5.72. The van der Waals surface area contributed by atoms with Crippen LogP contribution < -0.4 is 0 Å². The quantitative estimate of drug-likeness (QED) is 0.537. The molecule has 1 heterocycles. The van der Waals surface area contributed by atoms with Crippen molar-refractivity contribution in [2.24, 2.45) is 16.2 Å². The average molecular weight is 284 g/mol. The van der Waals surface area contributed by atoms with Crippen LogP contribution in [-0.4, -0.2) is 12.1 Å². The molecule has 0 aromatic heterocycles. The van der Waals surface area contributed by atoms with Gasteiger partial charge in [-0.2, -0.15) is 9.78 Å². The van der Waals surface area contributed by atoms with E-state index in [1.807, 2.05) is 0 Å². The van der Waals surface area contributed by atoms with E-state index in [1.54, 1.807) is 0 Å². The summed E-state index contributed by atoms with van der Waals surface area (Å²) in [4.78, 5) is 11.0. The van der Waals surface area contributed by atoms with E-state index < -0.39 is 5.97 Å². The molecule has 0 N–H and O–H groups in total. The fourth-order valence-electron chi connectivity index (χ4n) is 3.81. The smallest absolute Gasteiger partial charge is 0.320 e. The highest BCUT2D eigenvalue weighted by Gasteiger charge is 2.73. The molecule has 2 aliphatic rings. The molecule has 20 heavy (non-hydrogen) atoms. The maximum atomic E-state index is 6.36. The standard InChI is InChI=1S/C17H32O3/c1-14(2,3)16(7,15(4,5)6)17(19-20-17)18-13-11-9-8-10-12-13/h13H,8-12H2,1-7H3. The minimum atomic E-state index is -0.870. The number of ether oxygens (including phenoxy) is 1. The largest absolute Gasteiger partial charge is 0.346 e. The fourth-order valence-corrected chi connectivity index (χ4v) is 3.81. The first-order valence-corrected chi connectivity index (χ1v) is 8.08. The first-order valence-electron chi connectivity index (χ1n) is 8.08. The van der Waals surface area contributed by atoms with Crippen molar-refractivity contribution in [3.05, 3.63) is 0 Å². The van der Waals surface area contributed by atoms with Crippen LogP contribution in [0, 0.1) is 16.2 Å². The topological polar surface area (TPSA) is 34.3 Å². The monoisotopic (exact) mass is 284 g/mol. The van der Waals surface area contributed by atoms with Crippen molar-refractivity contribution >= 4 is 0 Å². The normalized spacial score (nSPS) is 24.8. The Morgan fingerprint density at radius 2 is 1.25 bits per heavy atom. The molecule has 1 aliphatic carbocycles. The van der Waals surface area contributed by atoms with Crippen molar-refractivity contribution < 1.29 is 14.5 Å². The molecule has 1 saturated carbocycles. The highest BCUT2D eigenvalue weighted by Crippen LogP contribution is 2.64. The Labute approximate surface area is 124 Å². The molecule has 2 fully saturated rings. The van der Waals surface area contributed by atoms with Gasteiger partial charge in [0.05, 0.1) is 11.5 Å². The molecule has 0 spiro atoms. The van der Waals surface area contributed by atoms with Gasteiger partial charge in [-0.3, -0.25) is 0 Å². The summed E-state index contributed by atoms with van der Waals surface area (Å²) in [6, 6.07) is 0. The predicted octanol–water partition coefficient (Wildman–Crippen LogP) is 5.05. The molecule has 0 atom stereocenters. The molecule has 0 aromatic rings. The molecule has 0 radical (unpaired) electrons. The second-order valence-electron chi connectivity index (χ2n) is 8.73. The average Bonchev–Trinajstić information content (AvgIpc) is 3.07. The Bertz CT molecular complexity index is 324. The summed E-state index contributed by atoms with van der Waals surface area (Å²) in [7, 11) is 0. The lowest BCUT2D eigenvalue weighted by atomic mass is 9.54. The number of hydrogen-bond donors (Lipinski definition) is 0. The van der Waals surface area contributed by atoms with Crippen LogP contribution in [0.4, 0.5) is 0 Å². The summed E-state index contributed by atoms with van der Waals surface area (Å²) in [5.74, 6) is -0.870. The Kier molecular flexibility index (Phi) is 4.03. The number of rotatable bonds is 3. The van der Waals surface area contributed by atoms with Crippen molar-refractivity contribution in [3.8, 4) is 0 Å². The van der Waals surface area contributed by atoms with Gasteiger partial charge in [-0.05, 0) is 23.7 Å². The SMILES string of the molecule is CC(C)(C)C(C)(C(C)(C)C)C1(OC2CCCCC2)OO1. The minimum Gasteiger partial charge on any atom is -0.320 e. The summed E-state index contributed by atoms with van der Waals surface area (Å²) in [5.41, 5.74) is -0.211. The molecule has 0 bridgehead atoms. The van der Waals surface area contributed by atoms with E-state index in [4.69, 9.17) is 14.5 Å². The third-order valence-electron chi connectivity index (χ3n) is 5.72. The zero-order valence-electron chi connectivity index (χ0n) is 14.3. The van der Waals surface area contributed by atoms with E-state index in [9.17, 15) is 0 Å². The van der Waals surface area contributed by atoms with Gasteiger partial charge in [0.2, 0.25) is 0 Å². The highest BCUT2D eigenvalue weighted by atomic mass is 17.5. The lowest BCUT2D eigenvalue weighted by Crippen LogP contribution is -2.56. The van der Waals surface area contributed by atoms with Crippen LogP contribution in [0.1, 0.15) is 80.6 Å². The van der Waals surface area contributed by atoms with E-state index >= 15 is 0 Å². The minimum absolute atomic E-state index is 0.0103. The highest BCUT2D eigenvalue weighted by molar-refractivity contribution is 5.03. The molecule has 1 aliphatic heterocycles. The Morgan fingerprint density at radius 1 is 0.800 bits per heavy atom. The van der Waals surface area contributed by atoms with Crippen molar-refractivity contribution in [1.29, 1.82) is 0 Å². The van der Waals surface area contributed by atoms with Crippen molar-refractivity contribution in [2.45, 2.75) is 92.6 Å². The summed E-state index contributed by atoms with van der Waals surface area (Å²) in [6.45, 7) is 15.7. The van der Waals surface area contributed by atoms with E-state index in [0.29, 0.717) is 0 Å². The van der Waals surface area contributed by atoms with Gasteiger partial charge in [0, 0.05) is 0 Å². The first kappa shape index (κ1) is 16.3. The molecular weight excluding hydrogens is 252 g/mol. The van der Waals surface area contributed by atoms with E-state index in [1.165, 1.54) is 19.3 Å². The van der Waals surface area contributed by atoms with Gasteiger partial charge < -0.3 is 4.74 Å². The molecule has 118 valence electrons. The van der Waals surface area contributed by atoms with Crippen LogP contribution >= 0.6 is 0 Å². The molecule has 3 nitrogen and oxygen atoms in total. The summed E-state index contributed by atoms with van der Waals surface area (Å²) in [5, 5.41) is 0. The fraction of sp³-hybridized carbons (Fsp3) is 1.00. The van der Waals surface area contributed by atoms with Crippen LogP contribution in [0.25, 0.3) is 0 Å². The zero-order chi connectivity index (χ0) is 15.2. The second-order valence-corrected chi connectivity index (χ2v) is 8.73. The van der Waals surface area contributed by atoms with Crippen LogP contribution in [0.15, 0.2) is 0 Å². The number of hydrogen-bond acceptors (Lipinski definition) is 3. The van der Waals surface area contributed by atoms with Gasteiger partial charge >= 0.3 is 5.97 Å². The van der Waals surface area contributed by atoms with Crippen LogP contribution in [0.2, 0.25) is 0 Å². The lowest BCUT2D eigenvalue weighted by Gasteiger charge is -2.52. The second kappa shape index (κ2) is 4.96. The van der Waals surface area contributed by atoms with Crippen LogP contribution in [0.3, 0.4) is 0 Å². The van der Waals surface area contributed by atoms with Gasteiger partial charge in [0.25, 0.3) is 0 Å². The molecule has 0 aromatic carbocycles. The molecular formula is C17H32O3. The maximum Gasteiger partial charge on any atom is 0.346 e. The van der Waals surface area contributed by atoms with Crippen LogP contribution in [-0.2, 0) is 14.5 Å². The zero-order valence-corrected chi connectivity index (χ0v) is 14.3. The predicted molar refractivity (Wildman–Crippen MR) is 79.9 cm³/mol. The van der Waals surface area contributed by atoms with Crippen molar-refractivity contribution in [1.82, 2.24) is 0 Å². The molecule has 0 amide bonds.